The maximum atomic E-state index is 10.9. The van der Waals surface area contributed by atoms with Gasteiger partial charge in [0.1, 0.15) is 5.75 Å². The van der Waals surface area contributed by atoms with Gasteiger partial charge in [-0.2, -0.15) is 0 Å². The molecule has 1 aromatic heterocycles. The van der Waals surface area contributed by atoms with Gasteiger partial charge in [-0.05, 0) is 24.3 Å². The Labute approximate surface area is 114 Å². The summed E-state index contributed by atoms with van der Waals surface area (Å²) in [6.07, 6.45) is 1.30. The quantitative estimate of drug-likeness (QED) is 0.685. The molecule has 2 rings (SSSR count). The van der Waals surface area contributed by atoms with Crippen molar-refractivity contribution in [2.24, 2.45) is 0 Å². The smallest absolute Gasteiger partial charge is 0.332 e. The molecule has 0 amide bonds. The predicted molar refractivity (Wildman–Crippen MR) is 72.0 cm³/mol. The molecular weight excluding hydrogens is 270 g/mol. The fourth-order valence-electron chi connectivity index (χ4n) is 1.43. The van der Waals surface area contributed by atoms with E-state index in [1.165, 1.54) is 12.3 Å². The molecule has 0 saturated carbocycles. The molecule has 0 bridgehead atoms. The number of nitrogens with zero attached hydrogens (tertiary/aromatic N) is 2. The number of hydrogen-bond acceptors (Lipinski definition) is 5. The van der Waals surface area contributed by atoms with Crippen molar-refractivity contribution < 1.29 is 9.66 Å². The fraction of sp³-hybridized carbons (Fsp3) is 0.0833. The second-order valence-electron chi connectivity index (χ2n) is 3.61. The molecule has 0 atom stereocenters. The molecule has 7 heteroatoms. The second-order valence-corrected chi connectivity index (χ2v) is 4.05. The lowest BCUT2D eigenvalue weighted by molar-refractivity contribution is -0.386. The van der Waals surface area contributed by atoms with Gasteiger partial charge >= 0.3 is 5.69 Å². The van der Waals surface area contributed by atoms with Gasteiger partial charge in [-0.15, -0.1) is 0 Å². The molecule has 0 spiro atoms. The molecule has 98 valence electrons. The van der Waals surface area contributed by atoms with Crippen LogP contribution in [0.5, 0.6) is 11.6 Å². The topological polar surface area (TPSA) is 77.3 Å². The molecular formula is C12H10ClN3O3. The Kier molecular flexibility index (Phi) is 3.82. The van der Waals surface area contributed by atoms with E-state index in [0.29, 0.717) is 5.75 Å². The largest absolute Gasteiger partial charge is 0.434 e. The summed E-state index contributed by atoms with van der Waals surface area (Å²) in [5.41, 5.74) is 0.635. The van der Waals surface area contributed by atoms with Crippen molar-refractivity contribution in [1.82, 2.24) is 4.98 Å². The van der Waals surface area contributed by atoms with Crippen LogP contribution in [0.25, 0.3) is 0 Å². The van der Waals surface area contributed by atoms with E-state index < -0.39 is 4.92 Å². The molecule has 1 aromatic carbocycles. The molecule has 0 fully saturated rings. The molecule has 19 heavy (non-hydrogen) atoms. The van der Waals surface area contributed by atoms with Crippen LogP contribution >= 0.6 is 11.6 Å². The standard InChI is InChI=1S/C12H10ClN3O3/c1-14-9-2-4-10(5-3-9)19-12-11(16(17)18)6-8(13)7-15-12/h2-7,14H,1H3. The molecule has 0 aliphatic heterocycles. The monoisotopic (exact) mass is 279 g/mol. The van der Waals surface area contributed by atoms with Gasteiger partial charge in [0.25, 0.3) is 5.88 Å². The Morgan fingerprint density at radius 3 is 2.63 bits per heavy atom. The summed E-state index contributed by atoms with van der Waals surface area (Å²) in [5.74, 6) is 0.364. The number of pyridine rings is 1. The first kappa shape index (κ1) is 13.1. The third-order valence-electron chi connectivity index (χ3n) is 2.35. The molecule has 0 unspecified atom stereocenters. The Bertz CT molecular complexity index is 602. The minimum Gasteiger partial charge on any atom is -0.434 e. The molecule has 1 heterocycles. The Balaban J connectivity index is 2.29. The Hall–Kier alpha value is -2.34. The summed E-state index contributed by atoms with van der Waals surface area (Å²) < 4.78 is 5.39. The van der Waals surface area contributed by atoms with Crippen LogP contribution in [0.2, 0.25) is 5.02 Å². The van der Waals surface area contributed by atoms with E-state index in [1.807, 2.05) is 0 Å². The van der Waals surface area contributed by atoms with Crippen LogP contribution < -0.4 is 10.1 Å². The third kappa shape index (κ3) is 3.11. The maximum absolute atomic E-state index is 10.9. The minimum absolute atomic E-state index is 0.0911. The summed E-state index contributed by atoms with van der Waals surface area (Å²) in [7, 11) is 1.79. The van der Waals surface area contributed by atoms with Crippen LogP contribution in [0.1, 0.15) is 0 Å². The SMILES string of the molecule is CNc1ccc(Oc2ncc(Cl)cc2[N+](=O)[O-])cc1. The average molecular weight is 280 g/mol. The van der Waals surface area contributed by atoms with Crippen LogP contribution in [-0.2, 0) is 0 Å². The summed E-state index contributed by atoms with van der Waals surface area (Å²) in [6, 6.07) is 8.15. The number of nitrogens with one attached hydrogen (secondary N) is 1. The summed E-state index contributed by atoms with van der Waals surface area (Å²) >= 11 is 5.67. The van der Waals surface area contributed by atoms with Gasteiger partial charge < -0.3 is 10.1 Å². The van der Waals surface area contributed by atoms with E-state index in [1.54, 1.807) is 31.3 Å². The highest BCUT2D eigenvalue weighted by Crippen LogP contribution is 2.31. The molecule has 2 aromatic rings. The van der Waals surface area contributed by atoms with E-state index in [4.69, 9.17) is 16.3 Å². The average Bonchev–Trinajstić information content (AvgIpc) is 2.41. The number of hydrogen-bond donors (Lipinski definition) is 1. The summed E-state index contributed by atoms with van der Waals surface area (Å²) in [4.78, 5) is 14.1. The predicted octanol–water partition coefficient (Wildman–Crippen LogP) is 3.48. The van der Waals surface area contributed by atoms with Crippen molar-refractivity contribution in [2.45, 2.75) is 0 Å². The number of anilines is 1. The van der Waals surface area contributed by atoms with Crippen LogP contribution in [0.4, 0.5) is 11.4 Å². The second kappa shape index (κ2) is 5.53. The zero-order valence-corrected chi connectivity index (χ0v) is 10.7. The van der Waals surface area contributed by atoms with Gasteiger partial charge in [0.2, 0.25) is 0 Å². The molecule has 0 aliphatic rings. The van der Waals surface area contributed by atoms with Crippen LogP contribution in [0.15, 0.2) is 36.5 Å². The van der Waals surface area contributed by atoms with E-state index in [2.05, 4.69) is 10.3 Å². The number of aromatic nitrogens is 1. The fourth-order valence-corrected chi connectivity index (χ4v) is 1.58. The molecule has 0 saturated heterocycles. The van der Waals surface area contributed by atoms with Crippen LogP contribution in [-0.4, -0.2) is 17.0 Å². The van der Waals surface area contributed by atoms with Gasteiger partial charge in [0, 0.05) is 18.8 Å². The van der Waals surface area contributed by atoms with Crippen LogP contribution in [0.3, 0.4) is 0 Å². The highest BCUT2D eigenvalue weighted by Gasteiger charge is 2.18. The number of rotatable bonds is 4. The maximum Gasteiger partial charge on any atom is 0.332 e. The van der Waals surface area contributed by atoms with E-state index in [9.17, 15) is 10.1 Å². The van der Waals surface area contributed by atoms with Crippen molar-refractivity contribution in [1.29, 1.82) is 0 Å². The Morgan fingerprint density at radius 2 is 2.05 bits per heavy atom. The van der Waals surface area contributed by atoms with Crippen molar-refractivity contribution in [3.8, 4) is 11.6 Å². The number of halogens is 1. The van der Waals surface area contributed by atoms with Crippen molar-refractivity contribution in [3.63, 3.8) is 0 Å². The Morgan fingerprint density at radius 1 is 1.37 bits per heavy atom. The van der Waals surface area contributed by atoms with E-state index in [0.717, 1.165) is 5.69 Å². The van der Waals surface area contributed by atoms with Gasteiger partial charge in [-0.3, -0.25) is 10.1 Å². The molecule has 6 nitrogen and oxygen atoms in total. The van der Waals surface area contributed by atoms with Gasteiger partial charge in [-0.1, -0.05) is 11.6 Å². The number of nitro groups is 1. The summed E-state index contributed by atoms with van der Waals surface area (Å²) in [6.45, 7) is 0. The first-order valence-corrected chi connectivity index (χ1v) is 5.73. The van der Waals surface area contributed by atoms with Gasteiger partial charge in [0.15, 0.2) is 0 Å². The first-order valence-electron chi connectivity index (χ1n) is 5.36. The van der Waals surface area contributed by atoms with Gasteiger partial charge in [0.05, 0.1) is 16.1 Å². The lowest BCUT2D eigenvalue weighted by Gasteiger charge is -2.06. The van der Waals surface area contributed by atoms with Crippen LogP contribution in [0, 0.1) is 10.1 Å². The van der Waals surface area contributed by atoms with Gasteiger partial charge in [-0.25, -0.2) is 4.98 Å². The molecule has 0 radical (unpaired) electrons. The molecule has 0 aliphatic carbocycles. The van der Waals surface area contributed by atoms with E-state index >= 15 is 0 Å². The first-order chi connectivity index (χ1) is 9.10. The van der Waals surface area contributed by atoms with Crippen molar-refractivity contribution in [2.75, 3.05) is 12.4 Å². The minimum atomic E-state index is -0.587. The number of ether oxygens (including phenoxy) is 1. The highest BCUT2D eigenvalue weighted by molar-refractivity contribution is 6.30. The zero-order valence-electron chi connectivity index (χ0n) is 9.96. The lowest BCUT2D eigenvalue weighted by atomic mass is 10.3. The normalized spacial score (nSPS) is 10.0. The van der Waals surface area contributed by atoms with Crippen molar-refractivity contribution >= 4 is 23.0 Å². The van der Waals surface area contributed by atoms with Crippen molar-refractivity contribution in [3.05, 3.63) is 51.7 Å². The summed E-state index contributed by atoms with van der Waals surface area (Å²) in [5, 5.41) is 14.0. The molecule has 1 N–H and O–H groups in total. The number of benzene rings is 1. The zero-order chi connectivity index (χ0) is 13.8. The highest BCUT2D eigenvalue weighted by atomic mass is 35.5. The third-order valence-corrected chi connectivity index (χ3v) is 2.56. The lowest BCUT2D eigenvalue weighted by Crippen LogP contribution is -1.96. The van der Waals surface area contributed by atoms with E-state index in [-0.39, 0.29) is 16.6 Å².